The Balaban J connectivity index is 0.00000176. The van der Waals surface area contributed by atoms with Crippen LogP contribution in [0.4, 0.5) is 0 Å². The molecular weight excluding hydrogens is 316 g/mol. The molecule has 1 amide bonds. The van der Waals surface area contributed by atoms with Crippen LogP contribution in [0.25, 0.3) is 0 Å². The number of hydrogen-bond acceptors (Lipinski definition) is 3. The molecule has 0 saturated carbocycles. The lowest BCUT2D eigenvalue weighted by atomic mass is 9.89. The lowest BCUT2D eigenvalue weighted by molar-refractivity contribution is -0.134. The van der Waals surface area contributed by atoms with Crippen LogP contribution in [0.2, 0.25) is 0 Å². The van der Waals surface area contributed by atoms with Crippen molar-refractivity contribution in [3.8, 4) is 0 Å². The molecule has 1 aromatic rings. The molecule has 0 aliphatic carbocycles. The van der Waals surface area contributed by atoms with Crippen molar-refractivity contribution in [1.29, 1.82) is 0 Å². The molecule has 1 N–H and O–H groups in total. The highest BCUT2D eigenvalue weighted by molar-refractivity contribution is 7.09. The maximum Gasteiger partial charge on any atom is 0.223 e. The van der Waals surface area contributed by atoms with E-state index in [-0.39, 0.29) is 18.4 Å². The molecule has 5 heteroatoms. The molecule has 1 aromatic heterocycles. The van der Waals surface area contributed by atoms with Crippen molar-refractivity contribution in [3.05, 3.63) is 22.4 Å². The van der Waals surface area contributed by atoms with Gasteiger partial charge in [-0.2, -0.15) is 0 Å². The summed E-state index contributed by atoms with van der Waals surface area (Å²) in [7, 11) is 0. The van der Waals surface area contributed by atoms with Crippen LogP contribution in [0.3, 0.4) is 0 Å². The fourth-order valence-electron chi connectivity index (χ4n) is 3.84. The van der Waals surface area contributed by atoms with Gasteiger partial charge in [0.1, 0.15) is 0 Å². The fraction of sp³-hybridized carbons (Fsp3) is 0.706. The number of thiophene rings is 1. The third-order valence-electron chi connectivity index (χ3n) is 4.88. The van der Waals surface area contributed by atoms with E-state index in [0.29, 0.717) is 23.9 Å². The van der Waals surface area contributed by atoms with Crippen molar-refractivity contribution in [2.45, 2.75) is 70.6 Å². The van der Waals surface area contributed by atoms with E-state index in [4.69, 9.17) is 0 Å². The number of nitrogens with one attached hydrogen (secondary N) is 1. The molecule has 2 unspecified atom stereocenters. The van der Waals surface area contributed by atoms with Gasteiger partial charge in [0.25, 0.3) is 0 Å². The molecular formula is C17H27ClN2OS. The average Bonchev–Trinajstić information content (AvgIpc) is 3.05. The number of hydrogen-bond donors (Lipinski definition) is 1. The second-order valence-electron chi connectivity index (χ2n) is 6.87. The van der Waals surface area contributed by atoms with Crippen molar-refractivity contribution in [3.63, 3.8) is 0 Å². The first kappa shape index (κ1) is 17.8. The molecule has 3 nitrogen and oxygen atoms in total. The van der Waals surface area contributed by atoms with Gasteiger partial charge in [-0.05, 0) is 56.9 Å². The molecule has 2 aliphatic heterocycles. The minimum absolute atomic E-state index is 0. The SMILES string of the molecule is CC(C)N(Cc1cccs1)C(=O)CC1CC2CCC(C1)N2.Cl. The smallest absolute Gasteiger partial charge is 0.223 e. The van der Waals surface area contributed by atoms with Crippen LogP contribution < -0.4 is 5.32 Å². The molecule has 2 atom stereocenters. The minimum atomic E-state index is 0. The number of amides is 1. The normalized spacial score (nSPS) is 26.8. The predicted octanol–water partition coefficient (Wildman–Crippen LogP) is 3.83. The number of halogens is 1. The zero-order valence-corrected chi connectivity index (χ0v) is 15.1. The van der Waals surface area contributed by atoms with E-state index in [1.165, 1.54) is 30.6 Å². The van der Waals surface area contributed by atoms with Gasteiger partial charge in [0.05, 0.1) is 6.54 Å². The van der Waals surface area contributed by atoms with Gasteiger partial charge in [0.2, 0.25) is 5.91 Å². The fourth-order valence-corrected chi connectivity index (χ4v) is 4.54. The van der Waals surface area contributed by atoms with E-state index in [0.717, 1.165) is 13.0 Å². The summed E-state index contributed by atoms with van der Waals surface area (Å²) in [5.41, 5.74) is 0. The highest BCUT2D eigenvalue weighted by atomic mass is 35.5. The van der Waals surface area contributed by atoms with Gasteiger partial charge in [-0.3, -0.25) is 4.79 Å². The molecule has 2 saturated heterocycles. The lowest BCUT2D eigenvalue weighted by Crippen LogP contribution is -2.41. The highest BCUT2D eigenvalue weighted by Gasteiger charge is 2.35. The van der Waals surface area contributed by atoms with E-state index in [1.54, 1.807) is 11.3 Å². The van der Waals surface area contributed by atoms with Crippen LogP contribution >= 0.6 is 23.7 Å². The number of nitrogens with zero attached hydrogens (tertiary/aromatic N) is 1. The third-order valence-corrected chi connectivity index (χ3v) is 5.75. The summed E-state index contributed by atoms with van der Waals surface area (Å²) in [5.74, 6) is 0.922. The van der Waals surface area contributed by atoms with Crippen molar-refractivity contribution in [2.75, 3.05) is 0 Å². The summed E-state index contributed by atoms with van der Waals surface area (Å²) in [4.78, 5) is 16.1. The quantitative estimate of drug-likeness (QED) is 0.882. The predicted molar refractivity (Wildman–Crippen MR) is 94.5 cm³/mol. The molecule has 2 fully saturated rings. The van der Waals surface area contributed by atoms with Crippen molar-refractivity contribution in [1.82, 2.24) is 10.2 Å². The Kier molecular flexibility index (Phi) is 6.30. The molecule has 22 heavy (non-hydrogen) atoms. The topological polar surface area (TPSA) is 32.3 Å². The number of fused-ring (bicyclic) bond motifs is 2. The van der Waals surface area contributed by atoms with E-state index >= 15 is 0 Å². The van der Waals surface area contributed by atoms with Crippen molar-refractivity contribution < 1.29 is 4.79 Å². The molecule has 3 rings (SSSR count). The Morgan fingerprint density at radius 3 is 2.59 bits per heavy atom. The molecule has 124 valence electrons. The zero-order chi connectivity index (χ0) is 14.8. The molecule has 3 heterocycles. The monoisotopic (exact) mass is 342 g/mol. The maximum atomic E-state index is 12.7. The van der Waals surface area contributed by atoms with Crippen molar-refractivity contribution >= 4 is 29.7 Å². The lowest BCUT2D eigenvalue weighted by Gasteiger charge is -2.32. The van der Waals surface area contributed by atoms with Crippen LogP contribution in [-0.2, 0) is 11.3 Å². The number of carbonyl (C=O) groups is 1. The molecule has 0 spiro atoms. The van der Waals surface area contributed by atoms with Gasteiger partial charge in [-0.1, -0.05) is 6.07 Å². The van der Waals surface area contributed by atoms with Crippen LogP contribution in [0.5, 0.6) is 0 Å². The van der Waals surface area contributed by atoms with Gasteiger partial charge in [0.15, 0.2) is 0 Å². The molecule has 2 aliphatic rings. The van der Waals surface area contributed by atoms with E-state index in [9.17, 15) is 4.79 Å². The van der Waals surface area contributed by atoms with Crippen LogP contribution in [0, 0.1) is 5.92 Å². The van der Waals surface area contributed by atoms with E-state index in [2.05, 4.69) is 41.6 Å². The Bertz CT molecular complexity index is 465. The van der Waals surface area contributed by atoms with Crippen LogP contribution in [0.15, 0.2) is 17.5 Å². The summed E-state index contributed by atoms with van der Waals surface area (Å²) >= 11 is 1.74. The van der Waals surface area contributed by atoms with Gasteiger partial charge in [-0.15, -0.1) is 23.7 Å². The summed E-state index contributed by atoms with van der Waals surface area (Å²) in [6.45, 7) is 5.02. The first-order valence-corrected chi connectivity index (χ1v) is 9.07. The number of piperidine rings is 1. The van der Waals surface area contributed by atoms with E-state index in [1.807, 2.05) is 0 Å². The standard InChI is InChI=1S/C17H26N2OS.ClH/c1-12(2)19(11-16-4-3-7-21-16)17(20)10-13-8-14-5-6-15(9-13)18-14;/h3-4,7,12-15,18H,5-6,8-11H2,1-2H3;1H. The summed E-state index contributed by atoms with van der Waals surface area (Å²) in [6.07, 6.45) is 5.72. The Morgan fingerprint density at radius 1 is 1.36 bits per heavy atom. The second-order valence-corrected chi connectivity index (χ2v) is 7.91. The summed E-state index contributed by atoms with van der Waals surface area (Å²) in [5, 5.41) is 5.74. The molecule has 0 aromatic carbocycles. The summed E-state index contributed by atoms with van der Waals surface area (Å²) < 4.78 is 0. The average molecular weight is 343 g/mol. The van der Waals surface area contributed by atoms with Crippen molar-refractivity contribution in [2.24, 2.45) is 5.92 Å². The Hall–Kier alpha value is -0.580. The van der Waals surface area contributed by atoms with Gasteiger partial charge < -0.3 is 10.2 Å². The number of carbonyl (C=O) groups excluding carboxylic acids is 1. The minimum Gasteiger partial charge on any atom is -0.335 e. The maximum absolute atomic E-state index is 12.7. The van der Waals surface area contributed by atoms with Gasteiger partial charge in [-0.25, -0.2) is 0 Å². The Morgan fingerprint density at radius 2 is 2.05 bits per heavy atom. The van der Waals surface area contributed by atoms with Crippen LogP contribution in [-0.4, -0.2) is 28.9 Å². The number of rotatable bonds is 5. The first-order valence-electron chi connectivity index (χ1n) is 8.19. The molecule has 2 bridgehead atoms. The van der Waals surface area contributed by atoms with Gasteiger partial charge in [0, 0.05) is 29.4 Å². The zero-order valence-electron chi connectivity index (χ0n) is 13.5. The summed E-state index contributed by atoms with van der Waals surface area (Å²) in [6, 6.07) is 5.81. The Labute approximate surface area is 143 Å². The van der Waals surface area contributed by atoms with E-state index < -0.39 is 0 Å². The first-order chi connectivity index (χ1) is 10.1. The highest BCUT2D eigenvalue weighted by Crippen LogP contribution is 2.33. The third kappa shape index (κ3) is 4.24. The largest absolute Gasteiger partial charge is 0.335 e. The van der Waals surface area contributed by atoms with Crippen LogP contribution in [0.1, 0.15) is 50.8 Å². The van der Waals surface area contributed by atoms with Gasteiger partial charge >= 0.3 is 0 Å². The second kappa shape index (κ2) is 7.80. The molecule has 0 radical (unpaired) electrons.